The van der Waals surface area contributed by atoms with Gasteiger partial charge in [0, 0.05) is 17.6 Å². The van der Waals surface area contributed by atoms with Gasteiger partial charge in [-0.2, -0.15) is 0 Å². The van der Waals surface area contributed by atoms with Gasteiger partial charge >= 0.3 is 0 Å². The number of anilines is 1. The van der Waals surface area contributed by atoms with Crippen molar-refractivity contribution >= 4 is 17.9 Å². The van der Waals surface area contributed by atoms with E-state index in [2.05, 4.69) is 46.3 Å². The molecule has 3 aliphatic rings. The Morgan fingerprint density at radius 1 is 1.24 bits per heavy atom. The Kier molecular flexibility index (Phi) is 6.16. The molecular weight excluding hydrogens is 364 g/mol. The molecule has 0 amide bonds. The third-order valence-electron chi connectivity index (χ3n) is 5.59. The highest BCUT2D eigenvalue weighted by Gasteiger charge is 2.35. The van der Waals surface area contributed by atoms with Gasteiger partial charge in [-0.05, 0) is 37.8 Å². The van der Waals surface area contributed by atoms with Crippen molar-refractivity contribution in [3.63, 3.8) is 0 Å². The quantitative estimate of drug-likeness (QED) is 0.713. The fourth-order valence-corrected chi connectivity index (χ4v) is 3.75. The van der Waals surface area contributed by atoms with E-state index in [0.29, 0.717) is 30.4 Å². The summed E-state index contributed by atoms with van der Waals surface area (Å²) < 4.78 is 6.28. The molecular formula is C22H32N6O. The smallest absolute Gasteiger partial charge is 0.177 e. The molecule has 1 aromatic rings. The monoisotopic (exact) mass is 396 g/mol. The number of nitrogens with one attached hydrogen (secondary N) is 3. The third kappa shape index (κ3) is 5.16. The van der Waals surface area contributed by atoms with Crippen molar-refractivity contribution in [3.05, 3.63) is 42.6 Å². The van der Waals surface area contributed by atoms with Crippen LogP contribution in [0.3, 0.4) is 0 Å². The minimum Gasteiger partial charge on any atom is -0.366 e. The number of aliphatic imine (C=N–C) groups is 2. The molecule has 0 aromatic heterocycles. The van der Waals surface area contributed by atoms with Crippen LogP contribution in [0.25, 0.3) is 0 Å². The lowest BCUT2D eigenvalue weighted by Gasteiger charge is -2.30. The molecule has 0 bridgehead atoms. The highest BCUT2D eigenvalue weighted by atomic mass is 16.5. The number of rotatable bonds is 5. The molecule has 1 saturated carbocycles. The first-order valence-corrected chi connectivity index (χ1v) is 10.7. The van der Waals surface area contributed by atoms with Crippen LogP contribution in [-0.4, -0.2) is 48.4 Å². The Balaban J connectivity index is 1.54. The predicted molar refractivity (Wildman–Crippen MR) is 118 cm³/mol. The third-order valence-corrected chi connectivity index (χ3v) is 5.59. The molecule has 1 saturated heterocycles. The van der Waals surface area contributed by atoms with E-state index in [0.717, 1.165) is 37.2 Å². The van der Waals surface area contributed by atoms with Crippen molar-refractivity contribution < 1.29 is 4.74 Å². The highest BCUT2D eigenvalue weighted by Crippen LogP contribution is 2.29. The first kappa shape index (κ1) is 19.9. The van der Waals surface area contributed by atoms with Gasteiger partial charge in [-0.25, -0.2) is 9.98 Å². The summed E-state index contributed by atoms with van der Waals surface area (Å²) >= 11 is 0. The van der Waals surface area contributed by atoms with Crippen LogP contribution in [0.1, 0.15) is 39.5 Å². The molecule has 29 heavy (non-hydrogen) atoms. The molecule has 0 radical (unpaired) electrons. The first-order valence-electron chi connectivity index (χ1n) is 10.7. The maximum atomic E-state index is 6.28. The van der Waals surface area contributed by atoms with E-state index in [1.165, 1.54) is 0 Å². The Morgan fingerprint density at radius 3 is 2.72 bits per heavy atom. The molecule has 156 valence electrons. The van der Waals surface area contributed by atoms with Crippen LogP contribution in [-0.2, 0) is 4.74 Å². The summed E-state index contributed by atoms with van der Waals surface area (Å²) in [7, 11) is 0. The number of hydrogen-bond donors (Lipinski definition) is 3. The Hall–Kier alpha value is -2.38. The Bertz CT molecular complexity index is 760. The zero-order valence-corrected chi connectivity index (χ0v) is 17.3. The lowest BCUT2D eigenvalue weighted by atomic mass is 10.0. The SMILES string of the molecule is C=C1/N=C\N([C@@H]2O[C@H](CC)C[C@@H]2C)CNC(Nc2ccccc2)/N=C\1NC1CC1. The van der Waals surface area contributed by atoms with Crippen LogP contribution in [0.4, 0.5) is 5.69 Å². The van der Waals surface area contributed by atoms with Crippen molar-refractivity contribution in [1.29, 1.82) is 0 Å². The molecule has 1 unspecified atom stereocenters. The zero-order chi connectivity index (χ0) is 20.2. The summed E-state index contributed by atoms with van der Waals surface area (Å²) in [5, 5.41) is 10.4. The van der Waals surface area contributed by atoms with Gasteiger partial charge in [-0.15, -0.1) is 0 Å². The highest BCUT2D eigenvalue weighted by molar-refractivity contribution is 5.99. The van der Waals surface area contributed by atoms with Crippen molar-refractivity contribution in [2.45, 2.75) is 64.2 Å². The largest absolute Gasteiger partial charge is 0.366 e. The van der Waals surface area contributed by atoms with Crippen LogP contribution in [0.5, 0.6) is 0 Å². The predicted octanol–water partition coefficient (Wildman–Crippen LogP) is 3.10. The Labute approximate surface area is 173 Å². The van der Waals surface area contributed by atoms with Crippen LogP contribution >= 0.6 is 0 Å². The molecule has 2 fully saturated rings. The van der Waals surface area contributed by atoms with Gasteiger partial charge < -0.3 is 20.3 Å². The molecule has 4 rings (SSSR count). The fraction of sp³-hybridized carbons (Fsp3) is 0.545. The second-order valence-electron chi connectivity index (χ2n) is 8.15. The molecule has 7 heteroatoms. The first-order chi connectivity index (χ1) is 14.1. The van der Waals surface area contributed by atoms with Gasteiger partial charge in [0.25, 0.3) is 0 Å². The van der Waals surface area contributed by atoms with E-state index >= 15 is 0 Å². The lowest BCUT2D eigenvalue weighted by Crippen LogP contribution is -2.47. The van der Waals surface area contributed by atoms with Crippen LogP contribution in [0.2, 0.25) is 0 Å². The molecule has 7 nitrogen and oxygen atoms in total. The standard InChI is InChI=1S/C22H32N6O/c1-4-19-12-15(2)21(29-19)28-13-23-16(3)20(25-18-10-11-18)27-22(24-14-28)26-17-8-6-5-7-9-17/h5-9,13,15,18-19,21-22,24,26H,3-4,10-12,14H2,1-2H3,(H,25,27)/b23-13-/t15-,19+,21+,22?/m0/s1. The van der Waals surface area contributed by atoms with Gasteiger partial charge in [0.2, 0.25) is 0 Å². The van der Waals surface area contributed by atoms with Gasteiger partial charge in [0.1, 0.15) is 12.1 Å². The number of hydrogen-bond acceptors (Lipinski definition) is 7. The summed E-state index contributed by atoms with van der Waals surface area (Å²) in [6.07, 6.45) is 6.28. The second-order valence-corrected chi connectivity index (χ2v) is 8.15. The van der Waals surface area contributed by atoms with Gasteiger partial charge in [-0.3, -0.25) is 5.32 Å². The van der Waals surface area contributed by atoms with E-state index in [-0.39, 0.29) is 12.5 Å². The summed E-state index contributed by atoms with van der Waals surface area (Å²) in [6, 6.07) is 10.6. The molecule has 1 aliphatic carbocycles. The van der Waals surface area contributed by atoms with Crippen LogP contribution < -0.4 is 16.0 Å². The topological polar surface area (TPSA) is 73.3 Å². The van der Waals surface area contributed by atoms with E-state index < -0.39 is 0 Å². The Morgan fingerprint density at radius 2 is 2.03 bits per heavy atom. The number of amidine groups is 1. The number of nitrogens with zero attached hydrogens (tertiary/aromatic N) is 3. The summed E-state index contributed by atoms with van der Waals surface area (Å²) in [6.45, 7) is 9.15. The minimum absolute atomic E-state index is 0.000633. The van der Waals surface area contributed by atoms with Crippen molar-refractivity contribution in [3.8, 4) is 0 Å². The maximum absolute atomic E-state index is 6.28. The molecule has 2 heterocycles. The second kappa shape index (κ2) is 8.97. The molecule has 3 N–H and O–H groups in total. The molecule has 1 aromatic carbocycles. The van der Waals surface area contributed by atoms with Gasteiger partial charge in [0.15, 0.2) is 6.29 Å². The van der Waals surface area contributed by atoms with Gasteiger partial charge in [0.05, 0.1) is 24.8 Å². The molecule has 2 aliphatic heterocycles. The average Bonchev–Trinajstić information content (AvgIpc) is 3.46. The van der Waals surface area contributed by atoms with E-state index in [4.69, 9.17) is 9.73 Å². The summed E-state index contributed by atoms with van der Waals surface area (Å²) in [5.74, 6) is 1.17. The van der Waals surface area contributed by atoms with Gasteiger partial charge in [-0.1, -0.05) is 38.6 Å². The van der Waals surface area contributed by atoms with Crippen molar-refractivity contribution in [2.24, 2.45) is 15.9 Å². The summed E-state index contributed by atoms with van der Waals surface area (Å²) in [4.78, 5) is 11.6. The number of ether oxygens (including phenoxy) is 1. The van der Waals surface area contributed by atoms with Crippen LogP contribution in [0.15, 0.2) is 52.6 Å². The number of para-hydroxylation sites is 1. The summed E-state index contributed by atoms with van der Waals surface area (Å²) in [5.41, 5.74) is 1.65. The van der Waals surface area contributed by atoms with Crippen molar-refractivity contribution in [1.82, 2.24) is 15.5 Å². The normalized spacial score (nSPS) is 33.2. The van der Waals surface area contributed by atoms with E-state index in [1.54, 1.807) is 0 Å². The van der Waals surface area contributed by atoms with E-state index in [9.17, 15) is 0 Å². The van der Waals surface area contributed by atoms with Crippen LogP contribution in [0, 0.1) is 5.92 Å². The average molecular weight is 397 g/mol. The van der Waals surface area contributed by atoms with Crippen molar-refractivity contribution in [2.75, 3.05) is 12.0 Å². The minimum atomic E-state index is -0.307. The number of benzene rings is 1. The molecule has 4 atom stereocenters. The lowest BCUT2D eigenvalue weighted by molar-refractivity contribution is -0.0375. The van der Waals surface area contributed by atoms with E-state index in [1.807, 2.05) is 36.7 Å². The molecule has 0 spiro atoms. The fourth-order valence-electron chi connectivity index (χ4n) is 3.75. The zero-order valence-electron chi connectivity index (χ0n) is 17.3. The maximum Gasteiger partial charge on any atom is 0.177 e.